The Labute approximate surface area is 269 Å². The topological polar surface area (TPSA) is 149 Å². The summed E-state index contributed by atoms with van der Waals surface area (Å²) in [6.07, 6.45) is 6.02. The molecule has 4 heterocycles. The van der Waals surface area contributed by atoms with Crippen LogP contribution in [0.4, 0.5) is 0 Å². The van der Waals surface area contributed by atoms with E-state index in [2.05, 4.69) is 19.9 Å². The zero-order chi connectivity index (χ0) is 31.6. The van der Waals surface area contributed by atoms with Crippen molar-refractivity contribution in [1.82, 2.24) is 29.7 Å². The summed E-state index contributed by atoms with van der Waals surface area (Å²) in [6, 6.07) is 18.4. The van der Waals surface area contributed by atoms with E-state index >= 15 is 0 Å². The summed E-state index contributed by atoms with van der Waals surface area (Å²) >= 11 is 0. The number of ketones is 1. The number of amides is 2. The van der Waals surface area contributed by atoms with Gasteiger partial charge in [-0.2, -0.15) is 0 Å². The van der Waals surface area contributed by atoms with Crippen molar-refractivity contribution in [2.45, 2.75) is 27.7 Å². The van der Waals surface area contributed by atoms with Crippen molar-refractivity contribution in [3.63, 3.8) is 0 Å². The number of carbonyl (C=O) groups is 4. The van der Waals surface area contributed by atoms with Gasteiger partial charge in [-0.15, -0.1) is 0 Å². The predicted octanol–water partition coefficient (Wildman–Crippen LogP) is 0.202. The molecule has 12 heteroatoms. The Hall–Kier alpha value is -4.72. The molecular weight excluding hydrogens is 555 g/mol. The fraction of sp³-hybridized carbons (Fsp3) is 0.250. The maximum absolute atomic E-state index is 12.0. The largest absolute Gasteiger partial charge is 1.00 e. The monoisotopic (exact) mass is 590 g/mol. The smallest absolute Gasteiger partial charge is 0.543 e. The van der Waals surface area contributed by atoms with Gasteiger partial charge in [-0.25, -0.2) is 0 Å². The summed E-state index contributed by atoms with van der Waals surface area (Å²) in [5, 5.41) is 10.8. The number of carbonyl (C=O) groups excluding carboxylic acids is 4. The Balaban J connectivity index is 0.000000331. The van der Waals surface area contributed by atoms with Crippen molar-refractivity contribution in [3.05, 3.63) is 120 Å². The number of carboxylic acids is 1. The molecule has 11 nitrogen and oxygen atoms in total. The van der Waals surface area contributed by atoms with E-state index in [1.165, 1.54) is 30.6 Å². The molecule has 2 amide bonds. The van der Waals surface area contributed by atoms with Crippen LogP contribution in [0.3, 0.4) is 0 Å². The molecule has 0 atom stereocenters. The number of pyridine rings is 4. The van der Waals surface area contributed by atoms with Gasteiger partial charge in [0.25, 0.3) is 11.8 Å². The van der Waals surface area contributed by atoms with Gasteiger partial charge in [-0.05, 0) is 76.2 Å². The van der Waals surface area contributed by atoms with Crippen LogP contribution in [0, 0.1) is 0 Å². The molecule has 224 valence electrons. The molecule has 0 saturated heterocycles. The first-order chi connectivity index (χ1) is 20.8. The van der Waals surface area contributed by atoms with Gasteiger partial charge in [0.15, 0.2) is 0 Å². The molecule has 0 spiro atoms. The predicted molar refractivity (Wildman–Crippen MR) is 159 cm³/mol. The SMILES string of the molecule is CCN(CC)C(=O)c1ccccn1.CCN(CC)C(=O)c1ccccn1.O=C(c1ccccn1)c1cccnc1C(=O)[O-].[Li+]. The van der Waals surface area contributed by atoms with Crippen molar-refractivity contribution < 1.29 is 43.1 Å². The fourth-order valence-corrected chi connectivity index (χ4v) is 3.71. The Kier molecular flexibility index (Phi) is 17.2. The normalized spacial score (nSPS) is 9.55. The molecule has 0 aliphatic heterocycles. The van der Waals surface area contributed by atoms with Crippen molar-refractivity contribution in [1.29, 1.82) is 0 Å². The minimum atomic E-state index is -1.48. The first-order valence-electron chi connectivity index (χ1n) is 13.8. The molecule has 0 unspecified atom stereocenters. The van der Waals surface area contributed by atoms with Gasteiger partial charge in [0.05, 0.1) is 17.2 Å². The van der Waals surface area contributed by atoms with Crippen LogP contribution >= 0.6 is 0 Å². The maximum atomic E-state index is 12.0. The molecule has 0 bridgehead atoms. The first-order valence-corrected chi connectivity index (χ1v) is 13.8. The van der Waals surface area contributed by atoms with Crippen LogP contribution in [0.2, 0.25) is 0 Å². The molecule has 0 saturated carbocycles. The van der Waals surface area contributed by atoms with Gasteiger partial charge < -0.3 is 19.7 Å². The fourth-order valence-electron chi connectivity index (χ4n) is 3.71. The van der Waals surface area contributed by atoms with E-state index in [0.717, 1.165) is 26.2 Å². The third-order valence-electron chi connectivity index (χ3n) is 6.01. The van der Waals surface area contributed by atoms with Crippen LogP contribution in [0.1, 0.15) is 75.2 Å². The summed E-state index contributed by atoms with van der Waals surface area (Å²) in [7, 11) is 0. The molecule has 44 heavy (non-hydrogen) atoms. The van der Waals surface area contributed by atoms with E-state index in [1.54, 1.807) is 58.6 Å². The van der Waals surface area contributed by atoms with E-state index < -0.39 is 11.8 Å². The van der Waals surface area contributed by atoms with Gasteiger partial charge in [-0.1, -0.05) is 18.2 Å². The number of carboxylic acid groups (broad SMARTS) is 1. The molecule has 0 aliphatic rings. The molecule has 0 N–H and O–H groups in total. The van der Waals surface area contributed by atoms with Crippen LogP contribution < -0.4 is 24.0 Å². The molecule has 0 aromatic carbocycles. The Morgan fingerprint density at radius 1 is 0.568 bits per heavy atom. The average Bonchev–Trinajstić information content (AvgIpc) is 3.07. The third kappa shape index (κ3) is 11.2. The number of aromatic nitrogens is 4. The Bertz CT molecular complexity index is 1390. The van der Waals surface area contributed by atoms with Crippen molar-refractivity contribution in [2.24, 2.45) is 0 Å². The summed E-state index contributed by atoms with van der Waals surface area (Å²) < 4.78 is 0. The van der Waals surface area contributed by atoms with Crippen LogP contribution in [0.5, 0.6) is 0 Å². The first kappa shape index (κ1) is 37.3. The van der Waals surface area contributed by atoms with Crippen LogP contribution in [-0.4, -0.2) is 79.5 Å². The summed E-state index contributed by atoms with van der Waals surface area (Å²) in [4.78, 5) is 65.1. The standard InChI is InChI=1S/C12H8N2O3.2C10H14N2O.Li/c15-11(9-5-1-2-6-13-9)8-4-3-7-14-10(8)12(16)17;2*1-3-12(4-2)10(13)9-7-5-6-8-11-9;/h1-7H,(H,16,17);2*5-8H,3-4H2,1-2H3;/q;;;+1/p-1. The Morgan fingerprint density at radius 3 is 1.30 bits per heavy atom. The van der Waals surface area contributed by atoms with Crippen molar-refractivity contribution in [2.75, 3.05) is 26.2 Å². The van der Waals surface area contributed by atoms with Crippen LogP contribution in [0.25, 0.3) is 0 Å². The summed E-state index contributed by atoms with van der Waals surface area (Å²) in [6.45, 7) is 10.8. The zero-order valence-corrected chi connectivity index (χ0v) is 25.7. The van der Waals surface area contributed by atoms with Crippen LogP contribution in [0.15, 0.2) is 91.5 Å². The molecule has 4 rings (SSSR count). The van der Waals surface area contributed by atoms with Gasteiger partial charge >= 0.3 is 18.9 Å². The number of nitrogens with zero attached hydrogens (tertiary/aromatic N) is 6. The molecule has 4 aromatic rings. The minimum Gasteiger partial charge on any atom is -0.543 e. The molecule has 0 radical (unpaired) electrons. The van der Waals surface area contributed by atoms with E-state index in [9.17, 15) is 24.3 Å². The van der Waals surface area contributed by atoms with E-state index in [1.807, 2.05) is 39.8 Å². The van der Waals surface area contributed by atoms with E-state index in [4.69, 9.17) is 0 Å². The second-order valence-electron chi connectivity index (χ2n) is 8.62. The summed E-state index contributed by atoms with van der Waals surface area (Å²) in [5.41, 5.74) is 0.815. The zero-order valence-electron chi connectivity index (χ0n) is 25.7. The van der Waals surface area contributed by atoms with Crippen LogP contribution in [-0.2, 0) is 0 Å². The molecular formula is C32H35LiN6O5. The summed E-state index contributed by atoms with van der Waals surface area (Å²) in [5.74, 6) is -1.96. The Morgan fingerprint density at radius 2 is 0.955 bits per heavy atom. The third-order valence-corrected chi connectivity index (χ3v) is 6.01. The minimum absolute atomic E-state index is 0. The molecule has 4 aromatic heterocycles. The van der Waals surface area contributed by atoms with Gasteiger partial charge in [0.1, 0.15) is 17.1 Å². The van der Waals surface area contributed by atoms with E-state index in [0.29, 0.717) is 11.4 Å². The van der Waals surface area contributed by atoms with Gasteiger partial charge in [0, 0.05) is 51.0 Å². The average molecular weight is 591 g/mol. The second-order valence-corrected chi connectivity index (χ2v) is 8.62. The molecule has 0 aliphatic carbocycles. The van der Waals surface area contributed by atoms with Crippen molar-refractivity contribution in [3.8, 4) is 0 Å². The number of rotatable bonds is 9. The van der Waals surface area contributed by atoms with Gasteiger partial charge in [-0.3, -0.25) is 34.3 Å². The van der Waals surface area contributed by atoms with Gasteiger partial charge in [0.2, 0.25) is 5.78 Å². The number of aromatic carboxylic acids is 1. The number of hydrogen-bond donors (Lipinski definition) is 0. The van der Waals surface area contributed by atoms with Crippen molar-refractivity contribution >= 4 is 23.6 Å². The quantitative estimate of drug-likeness (QED) is 0.197. The maximum Gasteiger partial charge on any atom is 1.00 e. The second kappa shape index (κ2) is 20.2. The molecule has 0 fully saturated rings. The van der Waals surface area contributed by atoms with E-state index in [-0.39, 0.29) is 47.6 Å². The number of hydrogen-bond acceptors (Lipinski definition) is 9.